The number of carbonyl (C=O) groups excluding carboxylic acids is 3. The molecule has 0 radical (unpaired) electrons. The molecule has 0 aliphatic carbocycles. The van der Waals surface area contributed by atoms with Gasteiger partial charge in [0.05, 0.1) is 12.1 Å². The van der Waals surface area contributed by atoms with Crippen LogP contribution in [0, 0.1) is 17.1 Å². The largest absolute Gasteiger partial charge is 0.366 e. The molecule has 12 heteroatoms. The molecule has 0 atom stereocenters. The number of piperidine rings is 1. The van der Waals surface area contributed by atoms with E-state index in [0.717, 1.165) is 58.3 Å². The van der Waals surface area contributed by atoms with Crippen molar-refractivity contribution in [3.8, 4) is 0 Å². The summed E-state index contributed by atoms with van der Waals surface area (Å²) in [5.74, 6) is -0.0134. The number of aldehydes is 1. The molecule has 2 aromatic carbocycles. The average Bonchev–Trinajstić information content (AvgIpc) is 3.04. The van der Waals surface area contributed by atoms with Crippen LogP contribution >= 0.6 is 13.5 Å². The predicted molar refractivity (Wildman–Crippen MR) is 180 cm³/mol. The molecule has 0 aromatic heterocycles. The van der Waals surface area contributed by atoms with Gasteiger partial charge in [0, 0.05) is 82.2 Å². The number of piperazine rings is 2. The molecule has 246 valence electrons. The molecule has 5 rings (SSSR count). The van der Waals surface area contributed by atoms with Gasteiger partial charge in [0.1, 0.15) is 5.82 Å². The lowest BCUT2D eigenvalue weighted by molar-refractivity contribution is -0.134. The highest BCUT2D eigenvalue weighted by molar-refractivity contribution is 7.59. The first-order valence-electron chi connectivity index (χ1n) is 15.6. The van der Waals surface area contributed by atoms with E-state index in [9.17, 15) is 18.8 Å². The molecule has 0 bridgehead atoms. The molecule has 2 aromatic rings. The Hall–Kier alpha value is -3.16. The summed E-state index contributed by atoms with van der Waals surface area (Å²) in [5.41, 5.74) is 6.71. The van der Waals surface area contributed by atoms with Crippen molar-refractivity contribution in [1.82, 2.24) is 24.9 Å². The van der Waals surface area contributed by atoms with Crippen molar-refractivity contribution in [3.05, 3.63) is 70.5 Å². The number of hydrogen-bond acceptors (Lipinski definition) is 8. The molecule has 2 amide bonds. The van der Waals surface area contributed by atoms with Crippen molar-refractivity contribution in [2.75, 3.05) is 85.6 Å². The maximum absolute atomic E-state index is 13.3. The standard InChI is InChI=1S/C17H33N5O.C16H13FN2O2.H2S/c1-19-6-12-22(13-7-19)17(23)15-21-10-8-20(9-11-21)14-16-2-4-18-5-3-16;17-14-6-5-10(7-11(14)9-20)8-15(18)12-3-1-2-4-13(12)16(19)21;/h16,18H,2-15H2,1H3;1-7,9,18H,8H2,(H2,19,21);1H2. The van der Waals surface area contributed by atoms with Gasteiger partial charge in [-0.25, -0.2) is 4.39 Å². The molecule has 3 aliphatic rings. The second kappa shape index (κ2) is 18.1. The fourth-order valence-corrected chi connectivity index (χ4v) is 5.96. The number of nitrogens with two attached hydrogens (primary N) is 1. The first-order valence-corrected chi connectivity index (χ1v) is 15.6. The van der Waals surface area contributed by atoms with Crippen molar-refractivity contribution in [1.29, 1.82) is 5.41 Å². The minimum atomic E-state index is -0.608. The Labute approximate surface area is 273 Å². The van der Waals surface area contributed by atoms with E-state index in [0.29, 0.717) is 29.9 Å². The third kappa shape index (κ3) is 11.0. The molecule has 3 heterocycles. The first kappa shape index (κ1) is 36.3. The molecular formula is C33H48FN7O3S. The zero-order valence-electron chi connectivity index (χ0n) is 26.3. The predicted octanol–water partition coefficient (Wildman–Crippen LogP) is 1.84. The molecule has 0 saturated carbocycles. The van der Waals surface area contributed by atoms with E-state index < -0.39 is 11.7 Å². The fourth-order valence-electron chi connectivity index (χ4n) is 5.96. The number of nitrogens with zero attached hydrogens (tertiary/aromatic N) is 4. The summed E-state index contributed by atoms with van der Waals surface area (Å²) in [6.45, 7) is 12.4. The third-order valence-electron chi connectivity index (χ3n) is 8.74. The maximum atomic E-state index is 13.3. The van der Waals surface area contributed by atoms with Gasteiger partial charge in [-0.15, -0.1) is 0 Å². The van der Waals surface area contributed by atoms with Crippen LogP contribution in [0.3, 0.4) is 0 Å². The Morgan fingerprint density at radius 1 is 0.956 bits per heavy atom. The van der Waals surface area contributed by atoms with E-state index in [2.05, 4.69) is 27.1 Å². The van der Waals surface area contributed by atoms with Crippen LogP contribution in [0.2, 0.25) is 0 Å². The van der Waals surface area contributed by atoms with Crippen molar-refractivity contribution in [2.24, 2.45) is 11.7 Å². The first-order chi connectivity index (χ1) is 21.2. The van der Waals surface area contributed by atoms with E-state index in [1.165, 1.54) is 50.7 Å². The van der Waals surface area contributed by atoms with E-state index >= 15 is 0 Å². The van der Waals surface area contributed by atoms with Gasteiger partial charge in [-0.05, 0) is 62.7 Å². The molecule has 45 heavy (non-hydrogen) atoms. The second-order valence-electron chi connectivity index (χ2n) is 12.0. The molecule has 3 aliphatic heterocycles. The Balaban J connectivity index is 0.000000241. The van der Waals surface area contributed by atoms with Crippen LogP contribution in [-0.4, -0.2) is 129 Å². The molecule has 3 saturated heterocycles. The quantitative estimate of drug-likeness (QED) is 0.282. The molecule has 10 nitrogen and oxygen atoms in total. The zero-order chi connectivity index (χ0) is 31.5. The minimum Gasteiger partial charge on any atom is -0.366 e. The lowest BCUT2D eigenvalue weighted by atomic mass is 9.97. The van der Waals surface area contributed by atoms with Gasteiger partial charge in [0.15, 0.2) is 6.29 Å². The van der Waals surface area contributed by atoms with Gasteiger partial charge in [-0.3, -0.25) is 19.3 Å². The van der Waals surface area contributed by atoms with Crippen molar-refractivity contribution < 1.29 is 18.8 Å². The number of benzene rings is 2. The Kier molecular flexibility index (Phi) is 14.6. The number of carbonyl (C=O) groups is 3. The van der Waals surface area contributed by atoms with Gasteiger partial charge >= 0.3 is 0 Å². The highest BCUT2D eigenvalue weighted by Crippen LogP contribution is 2.16. The zero-order valence-corrected chi connectivity index (χ0v) is 27.3. The summed E-state index contributed by atoms with van der Waals surface area (Å²) in [6.07, 6.45) is 3.25. The van der Waals surface area contributed by atoms with Gasteiger partial charge < -0.3 is 31.2 Å². The van der Waals surface area contributed by atoms with Gasteiger partial charge in [0.25, 0.3) is 0 Å². The molecule has 0 spiro atoms. The van der Waals surface area contributed by atoms with Crippen LogP contribution in [0.5, 0.6) is 0 Å². The number of amides is 2. The van der Waals surface area contributed by atoms with Crippen LogP contribution in [0.15, 0.2) is 42.5 Å². The highest BCUT2D eigenvalue weighted by Gasteiger charge is 2.25. The summed E-state index contributed by atoms with van der Waals surface area (Å²) in [7, 11) is 2.13. The number of rotatable bonds is 9. The molecule has 4 N–H and O–H groups in total. The van der Waals surface area contributed by atoms with E-state index in [-0.39, 0.29) is 36.8 Å². The Bertz CT molecular complexity index is 1290. The van der Waals surface area contributed by atoms with Crippen molar-refractivity contribution >= 4 is 37.3 Å². The molecule has 3 fully saturated rings. The van der Waals surface area contributed by atoms with Gasteiger partial charge in [0.2, 0.25) is 11.8 Å². The number of nitrogens with one attached hydrogen (secondary N) is 2. The normalized spacial score (nSPS) is 18.3. The van der Waals surface area contributed by atoms with Crippen LogP contribution in [0.1, 0.15) is 44.7 Å². The van der Waals surface area contributed by atoms with Crippen LogP contribution in [0.4, 0.5) is 4.39 Å². The van der Waals surface area contributed by atoms with Crippen LogP contribution in [0.25, 0.3) is 0 Å². The lowest BCUT2D eigenvalue weighted by Gasteiger charge is -2.38. The summed E-state index contributed by atoms with van der Waals surface area (Å²) < 4.78 is 13.3. The summed E-state index contributed by atoms with van der Waals surface area (Å²) in [6, 6.07) is 10.6. The van der Waals surface area contributed by atoms with Crippen molar-refractivity contribution in [3.63, 3.8) is 0 Å². The summed E-state index contributed by atoms with van der Waals surface area (Å²) in [4.78, 5) is 43.8. The summed E-state index contributed by atoms with van der Waals surface area (Å²) >= 11 is 0. The number of primary amides is 1. The monoisotopic (exact) mass is 641 g/mol. The van der Waals surface area contributed by atoms with E-state index in [4.69, 9.17) is 11.1 Å². The Morgan fingerprint density at radius 3 is 2.20 bits per heavy atom. The third-order valence-corrected chi connectivity index (χ3v) is 8.74. The van der Waals surface area contributed by atoms with E-state index in [1.807, 2.05) is 4.90 Å². The molecule has 0 unspecified atom stereocenters. The van der Waals surface area contributed by atoms with Crippen molar-refractivity contribution in [2.45, 2.75) is 19.3 Å². The lowest BCUT2D eigenvalue weighted by Crippen LogP contribution is -2.53. The maximum Gasteiger partial charge on any atom is 0.249 e. The molecular weight excluding hydrogens is 593 g/mol. The summed E-state index contributed by atoms with van der Waals surface area (Å²) in [5, 5.41) is 11.5. The SMILES string of the molecule is CN1CCN(C(=O)CN2CCN(CC3CCNCC3)CC2)CC1.N=C(Cc1ccc(F)c(C=O)c1)c1ccccc1C(N)=O.S. The topological polar surface area (TPSA) is 126 Å². The van der Waals surface area contributed by atoms with Gasteiger partial charge in [-0.1, -0.05) is 24.3 Å². The highest BCUT2D eigenvalue weighted by atomic mass is 32.1. The van der Waals surface area contributed by atoms with E-state index in [1.54, 1.807) is 24.3 Å². The number of hydrogen-bond donors (Lipinski definition) is 3. The average molecular weight is 642 g/mol. The van der Waals surface area contributed by atoms with Gasteiger partial charge in [-0.2, -0.15) is 13.5 Å². The van der Waals surface area contributed by atoms with Crippen LogP contribution < -0.4 is 11.1 Å². The second-order valence-corrected chi connectivity index (χ2v) is 12.0. The Morgan fingerprint density at radius 2 is 1.58 bits per heavy atom. The number of likely N-dealkylation sites (N-methyl/N-ethyl adjacent to an activating group) is 1. The smallest absolute Gasteiger partial charge is 0.249 e. The van der Waals surface area contributed by atoms with Crippen LogP contribution in [-0.2, 0) is 11.2 Å². The minimum absolute atomic E-state index is 0. The fraction of sp³-hybridized carbons (Fsp3) is 0.515. The number of halogens is 1.